The summed E-state index contributed by atoms with van der Waals surface area (Å²) in [6.07, 6.45) is 0.781. The van der Waals surface area contributed by atoms with E-state index in [1.165, 1.54) is 4.31 Å². The molecule has 0 saturated carbocycles. The normalized spacial score (nSPS) is 16.0. The lowest BCUT2D eigenvalue weighted by atomic mass is 9.98. The van der Waals surface area contributed by atoms with Crippen LogP contribution in [0.5, 0.6) is 0 Å². The largest absolute Gasteiger partial charge is 0.455 e. The SMILES string of the molecule is CCN(CC)C(=O)COC(=O)C1CCN(S(=O)(=O)c2ccc(C(C)C)cc2)CC1. The number of rotatable bonds is 8. The predicted molar refractivity (Wildman–Crippen MR) is 111 cm³/mol. The van der Waals surface area contributed by atoms with Gasteiger partial charge in [0.2, 0.25) is 10.0 Å². The Morgan fingerprint density at radius 1 is 1.10 bits per heavy atom. The number of sulfonamides is 1. The number of carbonyl (C=O) groups excluding carboxylic acids is 2. The van der Waals surface area contributed by atoms with Crippen molar-refractivity contribution in [2.24, 2.45) is 5.92 Å². The number of carbonyl (C=O) groups is 2. The fraction of sp³-hybridized carbons (Fsp3) is 0.619. The van der Waals surface area contributed by atoms with E-state index in [0.29, 0.717) is 31.8 Å². The van der Waals surface area contributed by atoms with Crippen molar-refractivity contribution in [1.82, 2.24) is 9.21 Å². The molecule has 0 bridgehead atoms. The van der Waals surface area contributed by atoms with Crippen molar-refractivity contribution in [3.8, 4) is 0 Å². The predicted octanol–water partition coefficient (Wildman–Crippen LogP) is 2.62. The Bertz CT molecular complexity index is 793. The van der Waals surface area contributed by atoms with Gasteiger partial charge in [0, 0.05) is 26.2 Å². The highest BCUT2D eigenvalue weighted by Gasteiger charge is 2.33. The second-order valence-corrected chi connectivity index (χ2v) is 9.51. The van der Waals surface area contributed by atoms with Crippen LogP contribution in [-0.4, -0.2) is 62.3 Å². The van der Waals surface area contributed by atoms with Crippen molar-refractivity contribution in [1.29, 1.82) is 0 Å². The van der Waals surface area contributed by atoms with Gasteiger partial charge in [0.15, 0.2) is 6.61 Å². The smallest absolute Gasteiger partial charge is 0.309 e. The minimum atomic E-state index is -3.58. The van der Waals surface area contributed by atoms with E-state index in [1.54, 1.807) is 17.0 Å². The summed E-state index contributed by atoms with van der Waals surface area (Å²) in [7, 11) is -3.58. The van der Waals surface area contributed by atoms with Crippen LogP contribution in [-0.2, 0) is 24.3 Å². The maximum atomic E-state index is 12.9. The third kappa shape index (κ3) is 5.79. The van der Waals surface area contributed by atoms with Gasteiger partial charge in [-0.15, -0.1) is 0 Å². The number of likely N-dealkylation sites (N-methyl/N-ethyl adjacent to an activating group) is 1. The molecule has 0 N–H and O–H groups in total. The molecule has 162 valence electrons. The Kier molecular flexibility index (Phi) is 8.22. The molecular formula is C21H32N2O5S. The average molecular weight is 425 g/mol. The van der Waals surface area contributed by atoms with Crippen LogP contribution in [0.3, 0.4) is 0 Å². The zero-order valence-corrected chi connectivity index (χ0v) is 18.6. The molecule has 29 heavy (non-hydrogen) atoms. The van der Waals surface area contributed by atoms with E-state index in [4.69, 9.17) is 4.74 Å². The molecule has 0 aliphatic carbocycles. The Hall–Kier alpha value is -1.93. The first-order valence-electron chi connectivity index (χ1n) is 10.2. The molecule has 0 spiro atoms. The number of hydrogen-bond donors (Lipinski definition) is 0. The molecular weight excluding hydrogens is 392 g/mol. The fourth-order valence-corrected chi connectivity index (χ4v) is 4.89. The fourth-order valence-electron chi connectivity index (χ4n) is 3.42. The van der Waals surface area contributed by atoms with Crippen LogP contribution in [0.4, 0.5) is 0 Å². The third-order valence-corrected chi connectivity index (χ3v) is 7.34. The molecule has 1 aliphatic rings. The maximum absolute atomic E-state index is 12.9. The Balaban J connectivity index is 1.90. The highest BCUT2D eigenvalue weighted by molar-refractivity contribution is 7.89. The lowest BCUT2D eigenvalue weighted by Gasteiger charge is -2.30. The van der Waals surface area contributed by atoms with Crippen LogP contribution in [0.1, 0.15) is 52.0 Å². The number of esters is 1. The van der Waals surface area contributed by atoms with Crippen LogP contribution >= 0.6 is 0 Å². The monoisotopic (exact) mass is 424 g/mol. The summed E-state index contributed by atoms with van der Waals surface area (Å²) in [6.45, 7) is 9.26. The summed E-state index contributed by atoms with van der Waals surface area (Å²) in [4.78, 5) is 26.1. The van der Waals surface area contributed by atoms with Crippen molar-refractivity contribution < 1.29 is 22.7 Å². The molecule has 1 heterocycles. The molecule has 0 aromatic heterocycles. The third-order valence-electron chi connectivity index (χ3n) is 5.43. The van der Waals surface area contributed by atoms with Gasteiger partial charge in [-0.3, -0.25) is 9.59 Å². The van der Waals surface area contributed by atoms with Gasteiger partial charge in [-0.05, 0) is 50.3 Å². The number of ether oxygens (including phenoxy) is 1. The van der Waals surface area contributed by atoms with Crippen molar-refractivity contribution in [3.63, 3.8) is 0 Å². The number of benzene rings is 1. The minimum Gasteiger partial charge on any atom is -0.455 e. The lowest BCUT2D eigenvalue weighted by Crippen LogP contribution is -2.41. The van der Waals surface area contributed by atoms with Crippen molar-refractivity contribution >= 4 is 21.9 Å². The summed E-state index contributed by atoms with van der Waals surface area (Å²) >= 11 is 0. The second kappa shape index (κ2) is 10.2. The van der Waals surface area contributed by atoms with Crippen molar-refractivity contribution in [2.75, 3.05) is 32.8 Å². The lowest BCUT2D eigenvalue weighted by molar-refractivity contribution is -0.156. The molecule has 1 aromatic rings. The molecule has 1 aliphatic heterocycles. The molecule has 1 amide bonds. The molecule has 1 fully saturated rings. The van der Waals surface area contributed by atoms with Gasteiger partial charge in [0.1, 0.15) is 0 Å². The van der Waals surface area contributed by atoms with Gasteiger partial charge in [-0.1, -0.05) is 26.0 Å². The van der Waals surface area contributed by atoms with Crippen molar-refractivity contribution in [3.05, 3.63) is 29.8 Å². The summed E-state index contributed by atoms with van der Waals surface area (Å²) in [5.41, 5.74) is 1.09. The molecule has 7 nitrogen and oxygen atoms in total. The van der Waals surface area contributed by atoms with Gasteiger partial charge < -0.3 is 9.64 Å². The molecule has 1 aromatic carbocycles. The molecule has 2 rings (SSSR count). The summed E-state index contributed by atoms with van der Waals surface area (Å²) in [6, 6.07) is 6.97. The van der Waals surface area contributed by atoms with E-state index in [-0.39, 0.29) is 36.4 Å². The average Bonchev–Trinajstić information content (AvgIpc) is 2.73. The van der Waals surface area contributed by atoms with E-state index >= 15 is 0 Å². The van der Waals surface area contributed by atoms with Gasteiger partial charge >= 0.3 is 5.97 Å². The van der Waals surface area contributed by atoms with Gasteiger partial charge in [-0.2, -0.15) is 4.31 Å². The zero-order valence-electron chi connectivity index (χ0n) is 17.8. The quantitative estimate of drug-likeness (QED) is 0.599. The topological polar surface area (TPSA) is 84.0 Å². The maximum Gasteiger partial charge on any atom is 0.309 e. The highest BCUT2D eigenvalue weighted by atomic mass is 32.2. The van der Waals surface area contributed by atoms with E-state index in [2.05, 4.69) is 13.8 Å². The molecule has 8 heteroatoms. The number of piperidine rings is 1. The van der Waals surface area contributed by atoms with E-state index in [1.807, 2.05) is 26.0 Å². The first kappa shape index (κ1) is 23.3. The van der Waals surface area contributed by atoms with Crippen LogP contribution in [0.15, 0.2) is 29.2 Å². The van der Waals surface area contributed by atoms with Gasteiger partial charge in [0.25, 0.3) is 5.91 Å². The number of hydrogen-bond acceptors (Lipinski definition) is 5. The minimum absolute atomic E-state index is 0.215. The van der Waals surface area contributed by atoms with Crippen molar-refractivity contribution in [2.45, 2.75) is 51.3 Å². The number of nitrogens with zero attached hydrogens (tertiary/aromatic N) is 2. The molecule has 1 saturated heterocycles. The molecule has 0 atom stereocenters. The van der Waals surface area contributed by atoms with Gasteiger partial charge in [0.05, 0.1) is 10.8 Å². The van der Waals surface area contributed by atoms with Gasteiger partial charge in [-0.25, -0.2) is 8.42 Å². The number of amides is 1. The van der Waals surface area contributed by atoms with E-state index in [9.17, 15) is 18.0 Å². The first-order valence-corrected chi connectivity index (χ1v) is 11.7. The van der Waals surface area contributed by atoms with E-state index < -0.39 is 16.0 Å². The van der Waals surface area contributed by atoms with Crippen LogP contribution in [0.25, 0.3) is 0 Å². The van der Waals surface area contributed by atoms with E-state index in [0.717, 1.165) is 5.56 Å². The summed E-state index contributed by atoms with van der Waals surface area (Å²) in [5, 5.41) is 0. The summed E-state index contributed by atoms with van der Waals surface area (Å²) < 4.78 is 32.3. The summed E-state index contributed by atoms with van der Waals surface area (Å²) in [5.74, 6) is -0.687. The Morgan fingerprint density at radius 2 is 1.66 bits per heavy atom. The van der Waals surface area contributed by atoms with Crippen LogP contribution in [0.2, 0.25) is 0 Å². The van der Waals surface area contributed by atoms with Crippen LogP contribution < -0.4 is 0 Å². The Morgan fingerprint density at radius 3 is 2.14 bits per heavy atom. The highest BCUT2D eigenvalue weighted by Crippen LogP contribution is 2.25. The zero-order chi connectivity index (χ0) is 21.6. The Labute approximate surface area is 174 Å². The second-order valence-electron chi connectivity index (χ2n) is 7.58. The molecule has 0 unspecified atom stereocenters. The first-order chi connectivity index (χ1) is 13.7. The standard InChI is InChI=1S/C21H32N2O5S/c1-5-22(6-2)20(24)15-28-21(25)18-11-13-23(14-12-18)29(26,27)19-9-7-17(8-10-19)16(3)4/h7-10,16,18H,5-6,11-15H2,1-4H3. The molecule has 0 radical (unpaired) electrons. The van der Waals surface area contributed by atoms with Crippen LogP contribution in [0, 0.1) is 5.92 Å².